The highest BCUT2D eigenvalue weighted by Gasteiger charge is 1.93. The molecule has 2 heteroatoms. The summed E-state index contributed by atoms with van der Waals surface area (Å²) in [6.45, 7) is 11.0. The monoisotopic (exact) mass is 213 g/mol. The van der Waals surface area contributed by atoms with Crippen LogP contribution in [-0.4, -0.2) is 25.8 Å². The first-order valence-electron chi connectivity index (χ1n) is 6.19. The van der Waals surface area contributed by atoms with Gasteiger partial charge in [-0.3, -0.25) is 0 Å². The summed E-state index contributed by atoms with van der Waals surface area (Å²) in [6, 6.07) is 0.611. The lowest BCUT2D eigenvalue weighted by Gasteiger charge is -2.07. The maximum atomic E-state index is 5.50. The van der Waals surface area contributed by atoms with Gasteiger partial charge in [0.1, 0.15) is 0 Å². The van der Waals surface area contributed by atoms with E-state index in [4.69, 9.17) is 4.74 Å². The van der Waals surface area contributed by atoms with Gasteiger partial charge < -0.3 is 10.1 Å². The Morgan fingerprint density at radius 3 is 2.53 bits per heavy atom. The summed E-state index contributed by atoms with van der Waals surface area (Å²) in [7, 11) is 0. The van der Waals surface area contributed by atoms with E-state index in [2.05, 4.69) is 25.7 Å². The quantitative estimate of drug-likeness (QED) is 0.420. The summed E-state index contributed by atoms with van der Waals surface area (Å²) in [6.07, 6.45) is 7.83. The van der Waals surface area contributed by atoms with E-state index in [9.17, 15) is 0 Å². The Hall–Kier alpha value is -0.340. The maximum absolute atomic E-state index is 5.50. The molecule has 0 spiro atoms. The first-order valence-corrected chi connectivity index (χ1v) is 6.19. The van der Waals surface area contributed by atoms with Crippen LogP contribution in [0.5, 0.6) is 0 Å². The molecule has 0 radical (unpaired) electrons. The summed E-state index contributed by atoms with van der Waals surface area (Å²) in [5.41, 5.74) is 0. The van der Waals surface area contributed by atoms with Gasteiger partial charge in [0.2, 0.25) is 0 Å². The molecule has 0 heterocycles. The van der Waals surface area contributed by atoms with Gasteiger partial charge in [0, 0.05) is 19.3 Å². The van der Waals surface area contributed by atoms with Gasteiger partial charge in [-0.15, -0.1) is 6.58 Å². The van der Waals surface area contributed by atoms with Crippen LogP contribution >= 0.6 is 0 Å². The van der Waals surface area contributed by atoms with Gasteiger partial charge in [0.05, 0.1) is 0 Å². The van der Waals surface area contributed by atoms with Crippen molar-refractivity contribution in [1.29, 1.82) is 0 Å². The Labute approximate surface area is 95.1 Å². The van der Waals surface area contributed by atoms with Crippen molar-refractivity contribution in [3.8, 4) is 0 Å². The van der Waals surface area contributed by atoms with Crippen LogP contribution in [0, 0.1) is 0 Å². The normalized spacial score (nSPS) is 10.9. The van der Waals surface area contributed by atoms with Crippen LogP contribution < -0.4 is 5.32 Å². The molecule has 0 saturated carbocycles. The van der Waals surface area contributed by atoms with Crippen molar-refractivity contribution in [3.63, 3.8) is 0 Å². The molecular formula is C13H27NO. The number of ether oxygens (including phenoxy) is 1. The molecule has 0 aromatic rings. The van der Waals surface area contributed by atoms with E-state index in [1.165, 1.54) is 19.3 Å². The zero-order chi connectivity index (χ0) is 11.4. The third kappa shape index (κ3) is 13.7. The van der Waals surface area contributed by atoms with Crippen molar-refractivity contribution < 1.29 is 4.74 Å². The Morgan fingerprint density at radius 1 is 1.13 bits per heavy atom. The van der Waals surface area contributed by atoms with Crippen LogP contribution in [0.25, 0.3) is 0 Å². The lowest BCUT2D eigenvalue weighted by Crippen LogP contribution is -2.23. The molecule has 0 aromatic heterocycles. The summed E-state index contributed by atoms with van der Waals surface area (Å²) in [4.78, 5) is 0. The molecule has 0 aliphatic rings. The highest BCUT2D eigenvalue weighted by atomic mass is 16.5. The van der Waals surface area contributed by atoms with Crippen molar-refractivity contribution in [2.45, 2.75) is 52.0 Å². The molecule has 0 aliphatic heterocycles. The predicted molar refractivity (Wildman–Crippen MR) is 67.2 cm³/mol. The largest absolute Gasteiger partial charge is 0.381 e. The molecule has 0 saturated heterocycles. The second-order valence-electron chi connectivity index (χ2n) is 4.21. The minimum absolute atomic E-state index is 0.611. The Balaban J connectivity index is 2.89. The van der Waals surface area contributed by atoms with Crippen molar-refractivity contribution >= 4 is 0 Å². The average Bonchev–Trinajstić information content (AvgIpc) is 2.20. The fraction of sp³-hybridized carbons (Fsp3) is 0.846. The van der Waals surface area contributed by atoms with Crippen LogP contribution in [0.3, 0.4) is 0 Å². The summed E-state index contributed by atoms with van der Waals surface area (Å²) >= 11 is 0. The number of unbranched alkanes of at least 4 members (excludes halogenated alkanes) is 3. The Kier molecular flexibility index (Phi) is 11.5. The SMILES string of the molecule is C=CCCCOCCCCCNC(C)C. The number of allylic oxidation sites excluding steroid dienone is 1. The first-order chi connectivity index (χ1) is 7.27. The lowest BCUT2D eigenvalue weighted by atomic mass is 10.2. The summed E-state index contributed by atoms with van der Waals surface area (Å²) < 4.78 is 5.50. The summed E-state index contributed by atoms with van der Waals surface area (Å²) in [5, 5.41) is 3.41. The standard InChI is InChI=1S/C13H27NO/c1-4-5-8-11-15-12-9-6-7-10-14-13(2)3/h4,13-14H,1,5-12H2,2-3H3. The lowest BCUT2D eigenvalue weighted by molar-refractivity contribution is 0.128. The van der Waals surface area contributed by atoms with Gasteiger partial charge in [0.25, 0.3) is 0 Å². The molecule has 0 aromatic carbocycles. The highest BCUT2D eigenvalue weighted by Crippen LogP contribution is 1.97. The van der Waals surface area contributed by atoms with Gasteiger partial charge in [-0.05, 0) is 38.6 Å². The van der Waals surface area contributed by atoms with Crippen LogP contribution in [0.15, 0.2) is 12.7 Å². The van der Waals surface area contributed by atoms with Crippen LogP contribution in [0.2, 0.25) is 0 Å². The molecule has 90 valence electrons. The van der Waals surface area contributed by atoms with E-state index in [0.29, 0.717) is 6.04 Å². The number of rotatable bonds is 11. The minimum Gasteiger partial charge on any atom is -0.381 e. The fourth-order valence-corrected chi connectivity index (χ4v) is 1.33. The van der Waals surface area contributed by atoms with E-state index in [1.54, 1.807) is 0 Å². The fourth-order valence-electron chi connectivity index (χ4n) is 1.33. The first kappa shape index (κ1) is 14.7. The number of hydrogen-bond acceptors (Lipinski definition) is 2. The molecule has 1 N–H and O–H groups in total. The molecular weight excluding hydrogens is 186 g/mol. The van der Waals surface area contributed by atoms with Gasteiger partial charge in [0.15, 0.2) is 0 Å². The minimum atomic E-state index is 0.611. The molecule has 0 aliphatic carbocycles. The predicted octanol–water partition coefficient (Wildman–Crippen LogP) is 3.14. The van der Waals surface area contributed by atoms with Gasteiger partial charge in [-0.1, -0.05) is 19.9 Å². The molecule has 15 heavy (non-hydrogen) atoms. The van der Waals surface area contributed by atoms with Crippen molar-refractivity contribution in [3.05, 3.63) is 12.7 Å². The molecule has 0 atom stereocenters. The van der Waals surface area contributed by atoms with E-state index in [0.717, 1.165) is 32.6 Å². The van der Waals surface area contributed by atoms with Gasteiger partial charge >= 0.3 is 0 Å². The van der Waals surface area contributed by atoms with Crippen LogP contribution in [0.4, 0.5) is 0 Å². The number of nitrogens with one attached hydrogen (secondary N) is 1. The number of hydrogen-bond donors (Lipinski definition) is 1. The topological polar surface area (TPSA) is 21.3 Å². The van der Waals surface area contributed by atoms with Crippen LogP contribution in [0.1, 0.15) is 46.0 Å². The average molecular weight is 213 g/mol. The van der Waals surface area contributed by atoms with E-state index >= 15 is 0 Å². The highest BCUT2D eigenvalue weighted by molar-refractivity contribution is 4.64. The van der Waals surface area contributed by atoms with Gasteiger partial charge in [-0.25, -0.2) is 0 Å². The molecule has 0 bridgehead atoms. The second kappa shape index (κ2) is 11.7. The van der Waals surface area contributed by atoms with E-state index in [-0.39, 0.29) is 0 Å². The third-order valence-corrected chi connectivity index (χ3v) is 2.21. The molecule has 0 unspecified atom stereocenters. The zero-order valence-corrected chi connectivity index (χ0v) is 10.4. The smallest absolute Gasteiger partial charge is 0.0468 e. The van der Waals surface area contributed by atoms with E-state index in [1.807, 2.05) is 6.08 Å². The molecule has 2 nitrogen and oxygen atoms in total. The van der Waals surface area contributed by atoms with Gasteiger partial charge in [-0.2, -0.15) is 0 Å². The summed E-state index contributed by atoms with van der Waals surface area (Å²) in [5.74, 6) is 0. The third-order valence-electron chi connectivity index (χ3n) is 2.21. The van der Waals surface area contributed by atoms with Crippen molar-refractivity contribution in [1.82, 2.24) is 5.32 Å². The zero-order valence-electron chi connectivity index (χ0n) is 10.4. The van der Waals surface area contributed by atoms with Crippen molar-refractivity contribution in [2.24, 2.45) is 0 Å². The maximum Gasteiger partial charge on any atom is 0.0468 e. The van der Waals surface area contributed by atoms with Crippen molar-refractivity contribution in [2.75, 3.05) is 19.8 Å². The molecule has 0 rings (SSSR count). The van der Waals surface area contributed by atoms with Crippen LogP contribution in [-0.2, 0) is 4.74 Å². The second-order valence-corrected chi connectivity index (χ2v) is 4.21. The van der Waals surface area contributed by atoms with E-state index < -0.39 is 0 Å². The molecule has 0 amide bonds. The molecule has 0 fully saturated rings. The Bertz CT molecular complexity index is 134. The Morgan fingerprint density at radius 2 is 1.87 bits per heavy atom.